The van der Waals surface area contributed by atoms with Gasteiger partial charge < -0.3 is 9.31 Å². The lowest BCUT2D eigenvalue weighted by Crippen LogP contribution is -2.41. The van der Waals surface area contributed by atoms with Crippen LogP contribution in [0.5, 0.6) is 0 Å². The zero-order chi connectivity index (χ0) is 37.8. The molecule has 0 amide bonds. The molecule has 0 unspecified atom stereocenters. The van der Waals surface area contributed by atoms with Crippen molar-refractivity contribution < 1.29 is 9.31 Å². The highest BCUT2D eigenvalue weighted by molar-refractivity contribution is 6.62. The molecule has 0 bridgehead atoms. The Morgan fingerprint density at radius 2 is 1.09 bits per heavy atom. The zero-order valence-corrected chi connectivity index (χ0v) is 34.0. The second kappa shape index (κ2) is 16.6. The number of hydrogen-bond acceptors (Lipinski definition) is 3. The van der Waals surface area contributed by atoms with Crippen LogP contribution in [0.1, 0.15) is 143 Å². The van der Waals surface area contributed by atoms with E-state index in [0.717, 1.165) is 11.2 Å². The summed E-state index contributed by atoms with van der Waals surface area (Å²) in [6, 6.07) is 34.5. The Bertz CT molecular complexity index is 1990. The smallest absolute Gasteiger partial charge is 0.399 e. The Morgan fingerprint density at radius 1 is 0.537 bits per heavy atom. The van der Waals surface area contributed by atoms with Gasteiger partial charge in [0.05, 0.1) is 16.9 Å². The van der Waals surface area contributed by atoms with Gasteiger partial charge in [-0.15, -0.1) is 0 Å². The molecular weight excluding hydrogens is 657 g/mol. The van der Waals surface area contributed by atoms with Crippen molar-refractivity contribution in [1.29, 1.82) is 0 Å². The van der Waals surface area contributed by atoms with Crippen LogP contribution in [0.15, 0.2) is 97.2 Å². The number of nitrogens with zero attached hydrogens (tertiary/aromatic N) is 1. The predicted octanol–water partition coefficient (Wildman–Crippen LogP) is 13.6. The van der Waals surface area contributed by atoms with Gasteiger partial charge in [-0.1, -0.05) is 164 Å². The van der Waals surface area contributed by atoms with E-state index in [1.165, 1.54) is 140 Å². The van der Waals surface area contributed by atoms with E-state index in [0.29, 0.717) is 0 Å². The molecule has 54 heavy (non-hydrogen) atoms. The van der Waals surface area contributed by atoms with Gasteiger partial charge in [-0.3, -0.25) is 4.98 Å². The first-order valence-corrected chi connectivity index (χ1v) is 21.3. The lowest BCUT2D eigenvalue weighted by Gasteiger charge is -2.33. The molecule has 2 heterocycles. The van der Waals surface area contributed by atoms with Crippen LogP contribution in [0.25, 0.3) is 44.3 Å². The largest absolute Gasteiger partial charge is 0.496 e. The predicted molar refractivity (Wildman–Crippen MR) is 231 cm³/mol. The molecular formula is C50H62BNO2. The standard InChI is InChI=1S/C50H62BNO2/c1-7-9-11-13-15-19-32-50(33-20-16-14-12-10-8-2)45-34-38(42-25-21-23-37-22-17-18-24-41(37)42)26-29-43(45)44-30-27-39(35-46(44)50)47-31-28-40(36-52-47)51-53-48(3,4)49(5,6)54-51/h17-18,21-31,34-36H,7-16,19-20,32-33H2,1-6H3. The fourth-order valence-electron chi connectivity index (χ4n) is 9.07. The molecule has 1 aliphatic carbocycles. The molecule has 1 aliphatic heterocycles. The van der Waals surface area contributed by atoms with E-state index in [9.17, 15) is 0 Å². The van der Waals surface area contributed by atoms with Gasteiger partial charge in [0, 0.05) is 22.6 Å². The van der Waals surface area contributed by atoms with Crippen molar-refractivity contribution in [3.05, 3.63) is 108 Å². The van der Waals surface area contributed by atoms with Gasteiger partial charge in [0.1, 0.15) is 0 Å². The third kappa shape index (κ3) is 7.71. The topological polar surface area (TPSA) is 31.4 Å². The second-order valence-corrected chi connectivity index (χ2v) is 17.2. The number of benzene rings is 4. The van der Waals surface area contributed by atoms with Gasteiger partial charge in [0.2, 0.25) is 0 Å². The van der Waals surface area contributed by atoms with Crippen LogP contribution in [0.4, 0.5) is 0 Å². The summed E-state index contributed by atoms with van der Waals surface area (Å²) in [4.78, 5) is 5.04. The molecule has 3 nitrogen and oxygen atoms in total. The van der Waals surface area contributed by atoms with Crippen molar-refractivity contribution in [3.63, 3.8) is 0 Å². The average molecular weight is 720 g/mol. The summed E-state index contributed by atoms with van der Waals surface area (Å²) in [7, 11) is -0.413. The Balaban J connectivity index is 1.28. The third-order valence-corrected chi connectivity index (χ3v) is 13.0. The van der Waals surface area contributed by atoms with Crippen LogP contribution in [0.2, 0.25) is 0 Å². The van der Waals surface area contributed by atoms with Gasteiger partial charge >= 0.3 is 7.12 Å². The molecule has 4 heteroatoms. The highest BCUT2D eigenvalue weighted by Crippen LogP contribution is 2.56. The second-order valence-electron chi connectivity index (χ2n) is 17.2. The molecule has 2 aliphatic rings. The first kappa shape index (κ1) is 38.5. The molecule has 282 valence electrons. The number of hydrogen-bond donors (Lipinski definition) is 0. The lowest BCUT2D eigenvalue weighted by atomic mass is 9.70. The summed E-state index contributed by atoms with van der Waals surface area (Å²) in [5.41, 5.74) is 10.9. The van der Waals surface area contributed by atoms with Crippen molar-refractivity contribution in [1.82, 2.24) is 4.98 Å². The summed E-state index contributed by atoms with van der Waals surface area (Å²) in [6.45, 7) is 13.0. The summed E-state index contributed by atoms with van der Waals surface area (Å²) < 4.78 is 12.7. The zero-order valence-electron chi connectivity index (χ0n) is 34.0. The molecule has 1 aromatic heterocycles. The third-order valence-electron chi connectivity index (χ3n) is 13.0. The van der Waals surface area contributed by atoms with Crippen LogP contribution in [0, 0.1) is 0 Å². The summed E-state index contributed by atoms with van der Waals surface area (Å²) in [5, 5.41) is 2.62. The minimum atomic E-state index is -0.413. The number of unbranched alkanes of at least 4 members (excludes halogenated alkanes) is 10. The van der Waals surface area contributed by atoms with Crippen molar-refractivity contribution in [2.45, 2.75) is 148 Å². The first-order valence-electron chi connectivity index (χ1n) is 21.3. The summed E-state index contributed by atoms with van der Waals surface area (Å²) in [6.07, 6.45) is 20.0. The highest BCUT2D eigenvalue weighted by atomic mass is 16.7. The highest BCUT2D eigenvalue weighted by Gasteiger charge is 2.52. The minimum Gasteiger partial charge on any atom is -0.399 e. The monoisotopic (exact) mass is 719 g/mol. The van der Waals surface area contributed by atoms with Crippen molar-refractivity contribution >= 4 is 23.4 Å². The number of pyridine rings is 1. The molecule has 0 spiro atoms. The molecule has 4 aromatic carbocycles. The van der Waals surface area contributed by atoms with Crippen molar-refractivity contribution in [2.24, 2.45) is 0 Å². The molecule has 5 aromatic rings. The Kier molecular flexibility index (Phi) is 11.8. The Morgan fingerprint density at radius 3 is 1.70 bits per heavy atom. The van der Waals surface area contributed by atoms with Crippen LogP contribution in [0.3, 0.4) is 0 Å². The Hall–Kier alpha value is -3.73. The summed E-state index contributed by atoms with van der Waals surface area (Å²) >= 11 is 0. The van der Waals surface area contributed by atoms with Crippen LogP contribution in [-0.2, 0) is 14.7 Å². The van der Waals surface area contributed by atoms with Crippen molar-refractivity contribution in [3.8, 4) is 33.5 Å². The van der Waals surface area contributed by atoms with E-state index < -0.39 is 7.12 Å². The van der Waals surface area contributed by atoms with Crippen LogP contribution >= 0.6 is 0 Å². The van der Waals surface area contributed by atoms with Crippen molar-refractivity contribution in [2.75, 3.05) is 0 Å². The van der Waals surface area contributed by atoms with Gasteiger partial charge in [-0.05, 0) is 103 Å². The lowest BCUT2D eigenvalue weighted by molar-refractivity contribution is 0.00578. The fraction of sp³-hybridized carbons (Fsp3) is 0.460. The van der Waals surface area contributed by atoms with Gasteiger partial charge in [-0.25, -0.2) is 0 Å². The molecule has 0 atom stereocenters. The summed E-state index contributed by atoms with van der Waals surface area (Å²) in [5.74, 6) is 0. The molecule has 0 saturated carbocycles. The van der Waals surface area contributed by atoms with Crippen LogP contribution in [-0.4, -0.2) is 23.3 Å². The van der Waals surface area contributed by atoms with E-state index in [2.05, 4.69) is 133 Å². The van der Waals surface area contributed by atoms with E-state index in [-0.39, 0.29) is 16.6 Å². The van der Waals surface area contributed by atoms with Crippen LogP contribution < -0.4 is 5.46 Å². The molecule has 1 saturated heterocycles. The SMILES string of the molecule is CCCCCCCCC1(CCCCCCCC)c2cc(-c3ccc(B4OC(C)(C)C(C)(C)O4)cn3)ccc2-c2ccc(-c3cccc4ccccc34)cc21. The number of fused-ring (bicyclic) bond motifs is 4. The maximum absolute atomic E-state index is 6.36. The van der Waals surface area contributed by atoms with Gasteiger partial charge in [0.15, 0.2) is 0 Å². The van der Waals surface area contributed by atoms with E-state index in [4.69, 9.17) is 14.3 Å². The van der Waals surface area contributed by atoms with E-state index >= 15 is 0 Å². The Labute approximate surface area is 326 Å². The quantitative estimate of drug-likeness (QED) is 0.0708. The normalized spacial score (nSPS) is 16.5. The first-order chi connectivity index (χ1) is 26.2. The number of rotatable bonds is 17. The number of aromatic nitrogens is 1. The van der Waals surface area contributed by atoms with Gasteiger partial charge in [-0.2, -0.15) is 0 Å². The molecule has 1 fully saturated rings. The fourth-order valence-corrected chi connectivity index (χ4v) is 9.07. The maximum atomic E-state index is 6.36. The minimum absolute atomic E-state index is 0.0284. The van der Waals surface area contributed by atoms with Gasteiger partial charge in [0.25, 0.3) is 0 Å². The molecule has 0 N–H and O–H groups in total. The maximum Gasteiger partial charge on any atom is 0.496 e. The molecule has 0 radical (unpaired) electrons. The van der Waals surface area contributed by atoms with E-state index in [1.54, 1.807) is 0 Å². The molecule has 7 rings (SSSR count). The van der Waals surface area contributed by atoms with E-state index in [1.807, 2.05) is 6.20 Å². The average Bonchev–Trinajstić information content (AvgIpc) is 3.58.